The van der Waals surface area contributed by atoms with E-state index in [0.717, 1.165) is 0 Å². The van der Waals surface area contributed by atoms with Crippen LogP contribution in [0.3, 0.4) is 0 Å². The maximum Gasteiger partial charge on any atom is 0.187 e. The molecule has 91 heavy (non-hydrogen) atoms. The van der Waals surface area contributed by atoms with E-state index in [1.54, 1.807) is 0 Å². The van der Waals surface area contributed by atoms with Crippen LogP contribution in [0.5, 0.6) is 0 Å². The standard InChI is InChI=1S/C50H82O41/c51-1-12-22(55)37(70)48(81-12)90-39-20(89-42-31(64)21(54)11(53)3-74-42)10-80-50(40(39)91-49-38(71)23(56)13(2-52)82-49)88-19-9-79-47(36(69)29(19)62)87-18-8-78-46(35(68)28(18)61)86-17-7-77-45(34(67)27(17)60)85-16-6-76-44(33(66)26(16)59)84-15-5-75-43(32(65)25(15)58)83-14-4-73-41(72)30(63)24(14)57/h11-72H,1-10H2/t11-,12+,13+,14-,15-,16-,17-,18-,19-,20-,21+,22-,23-,24+,25+,26+,27+,28+,29+,30?,31?,32?,33?,34?,35?,36?,37?,38?,39+,40?,41-,42+,43+,44-,45-,46-,47-,48+,49+,50+/m1/s1. The van der Waals surface area contributed by atoms with E-state index in [1.165, 1.54) is 0 Å². The molecule has 41 heteroatoms. The average molecular weight is 1340 g/mol. The fourth-order valence-electron chi connectivity index (χ4n) is 11.6. The summed E-state index contributed by atoms with van der Waals surface area (Å²) in [5.41, 5.74) is 0. The second kappa shape index (κ2) is 31.1. The Balaban J connectivity index is 0.705. The van der Waals surface area contributed by atoms with Crippen LogP contribution in [-0.2, 0) is 90.0 Å². The molecule has 10 aliphatic heterocycles. The summed E-state index contributed by atoms with van der Waals surface area (Å²) >= 11 is 0. The fraction of sp³-hybridized carbons (Fsp3) is 1.00. The zero-order chi connectivity index (χ0) is 65.6. The first-order valence-electron chi connectivity index (χ1n) is 29.3. The molecule has 0 spiro atoms. The van der Waals surface area contributed by atoms with Crippen LogP contribution < -0.4 is 0 Å². The first-order chi connectivity index (χ1) is 43.3. The lowest BCUT2D eigenvalue weighted by Gasteiger charge is -2.47. The SMILES string of the molecule is OC[C@@H]1O[C@@H](OC2[C@H](O[C@@H]3CO[C@H](O[C@@H]4CO[C@H](O[C@@H]5CO[C@H](O[C@@H]6CO[C@H](O[C@@H]7CO[C@@H](O[C@@H]8CO[C@@H](O)C(O)[C@H]8O)C(O)[C@H]7O)C(O)[C@H]6O)C(O)[C@H]5O)C(O)[C@H]4O)C(O)[C@H]3O)OC[C@@H](O[C@@H]3OC[C@@H](O)[C@H](O)C3O)[C@@H]2O[C@@H]2O[C@@H](CO)[C@@H](O)C2O)C(O)[C@@H]1O. The number of ether oxygens (including phenoxy) is 19. The van der Waals surface area contributed by atoms with Gasteiger partial charge in [-0.05, 0) is 0 Å². The molecule has 528 valence electrons. The molecule has 40 atom stereocenters. The summed E-state index contributed by atoms with van der Waals surface area (Å²) in [5, 5.41) is 234. The molecule has 0 aromatic heterocycles. The fourth-order valence-corrected chi connectivity index (χ4v) is 11.6. The van der Waals surface area contributed by atoms with Gasteiger partial charge in [0.05, 0.1) is 66.1 Å². The zero-order valence-electron chi connectivity index (χ0n) is 47.8. The number of aliphatic hydroxyl groups excluding tert-OH is 22. The van der Waals surface area contributed by atoms with Gasteiger partial charge in [-0.15, -0.1) is 0 Å². The summed E-state index contributed by atoms with van der Waals surface area (Å²) in [4.78, 5) is 0. The van der Waals surface area contributed by atoms with Gasteiger partial charge in [-0.1, -0.05) is 0 Å². The third kappa shape index (κ3) is 15.5. The summed E-state index contributed by atoms with van der Waals surface area (Å²) in [5.74, 6) is 0. The van der Waals surface area contributed by atoms with Gasteiger partial charge in [0, 0.05) is 0 Å². The van der Waals surface area contributed by atoms with Crippen molar-refractivity contribution in [2.24, 2.45) is 0 Å². The Labute approximate surface area is 513 Å². The van der Waals surface area contributed by atoms with Crippen molar-refractivity contribution in [1.82, 2.24) is 0 Å². The van der Waals surface area contributed by atoms with Gasteiger partial charge >= 0.3 is 0 Å². The van der Waals surface area contributed by atoms with Gasteiger partial charge in [0.25, 0.3) is 0 Å². The predicted molar refractivity (Wildman–Crippen MR) is 270 cm³/mol. The molecule has 10 aliphatic rings. The molecule has 22 N–H and O–H groups in total. The monoisotopic (exact) mass is 1340 g/mol. The van der Waals surface area contributed by atoms with Crippen molar-refractivity contribution >= 4 is 0 Å². The highest BCUT2D eigenvalue weighted by atomic mass is 16.8. The van der Waals surface area contributed by atoms with E-state index in [0.29, 0.717) is 0 Å². The van der Waals surface area contributed by atoms with Crippen molar-refractivity contribution in [3.63, 3.8) is 0 Å². The van der Waals surface area contributed by atoms with Crippen molar-refractivity contribution in [3.05, 3.63) is 0 Å². The van der Waals surface area contributed by atoms with Crippen LogP contribution in [0.25, 0.3) is 0 Å². The minimum absolute atomic E-state index is 0.404. The largest absolute Gasteiger partial charge is 0.394 e. The molecule has 10 unspecified atom stereocenters. The van der Waals surface area contributed by atoms with E-state index >= 15 is 0 Å². The molecular weight excluding hydrogens is 1260 g/mol. The highest BCUT2D eigenvalue weighted by Gasteiger charge is 2.57. The lowest BCUT2D eigenvalue weighted by molar-refractivity contribution is -0.384. The van der Waals surface area contributed by atoms with Crippen LogP contribution >= 0.6 is 0 Å². The summed E-state index contributed by atoms with van der Waals surface area (Å²) in [6.45, 7) is -6.09. The van der Waals surface area contributed by atoms with Gasteiger partial charge in [0.1, 0.15) is 183 Å². The molecule has 0 amide bonds. The normalized spacial score (nSPS) is 54.4. The number of hydrogen-bond acceptors (Lipinski definition) is 41. The molecule has 0 radical (unpaired) electrons. The Morgan fingerprint density at radius 1 is 0.220 bits per heavy atom. The molecule has 10 fully saturated rings. The van der Waals surface area contributed by atoms with Crippen molar-refractivity contribution in [1.29, 1.82) is 0 Å². The van der Waals surface area contributed by atoms with E-state index in [-0.39, 0.29) is 0 Å². The highest BCUT2D eigenvalue weighted by molar-refractivity contribution is 4.98. The van der Waals surface area contributed by atoms with Crippen LogP contribution in [0.1, 0.15) is 0 Å². The quantitative estimate of drug-likeness (QED) is 0.0538. The smallest absolute Gasteiger partial charge is 0.187 e. The van der Waals surface area contributed by atoms with Gasteiger partial charge in [0.2, 0.25) is 0 Å². The van der Waals surface area contributed by atoms with Crippen molar-refractivity contribution in [3.8, 4) is 0 Å². The second-order valence-corrected chi connectivity index (χ2v) is 23.4. The molecule has 41 nitrogen and oxygen atoms in total. The summed E-state index contributed by atoms with van der Waals surface area (Å²) in [6, 6.07) is 0. The Bertz CT molecular complexity index is 2240. The molecular formula is C50H82O41. The van der Waals surface area contributed by atoms with E-state index in [2.05, 4.69) is 0 Å². The van der Waals surface area contributed by atoms with Crippen molar-refractivity contribution < 1.29 is 202 Å². The van der Waals surface area contributed by atoms with Gasteiger partial charge in [-0.2, -0.15) is 0 Å². The van der Waals surface area contributed by atoms with Crippen molar-refractivity contribution in [2.45, 2.75) is 246 Å². The van der Waals surface area contributed by atoms with E-state index in [9.17, 15) is 112 Å². The van der Waals surface area contributed by atoms with E-state index in [4.69, 9.17) is 90.0 Å². The van der Waals surface area contributed by atoms with Gasteiger partial charge in [-0.25, -0.2) is 0 Å². The Kier molecular flexibility index (Phi) is 24.6. The molecule has 0 aromatic carbocycles. The number of hydrogen-bond donors (Lipinski definition) is 22. The molecule has 10 rings (SSSR count). The molecule has 0 aliphatic carbocycles. The van der Waals surface area contributed by atoms with Gasteiger partial charge in [-0.3, -0.25) is 0 Å². The molecule has 10 heterocycles. The third-order valence-corrected chi connectivity index (χ3v) is 17.2. The zero-order valence-corrected chi connectivity index (χ0v) is 47.8. The lowest BCUT2D eigenvalue weighted by atomic mass is 10.0. The van der Waals surface area contributed by atoms with Crippen LogP contribution in [-0.4, -0.2) is 424 Å². The summed E-state index contributed by atoms with van der Waals surface area (Å²) < 4.78 is 108. The Morgan fingerprint density at radius 2 is 0.473 bits per heavy atom. The van der Waals surface area contributed by atoms with Crippen LogP contribution in [0, 0.1) is 0 Å². The maximum atomic E-state index is 11.5. The van der Waals surface area contributed by atoms with Crippen LogP contribution in [0.2, 0.25) is 0 Å². The molecule has 0 saturated carbocycles. The van der Waals surface area contributed by atoms with Gasteiger partial charge < -0.3 is 202 Å². The van der Waals surface area contributed by atoms with Crippen molar-refractivity contribution in [2.75, 3.05) is 66.1 Å². The number of rotatable bonds is 20. The average Bonchev–Trinajstić information content (AvgIpc) is 1.78. The Morgan fingerprint density at radius 3 is 0.813 bits per heavy atom. The maximum absolute atomic E-state index is 11.5. The molecule has 0 aromatic rings. The minimum atomic E-state index is -2.05. The van der Waals surface area contributed by atoms with Crippen LogP contribution in [0.4, 0.5) is 0 Å². The third-order valence-electron chi connectivity index (χ3n) is 17.2. The van der Waals surface area contributed by atoms with E-state index in [1.807, 2.05) is 0 Å². The Hall–Kier alpha value is -1.64. The van der Waals surface area contributed by atoms with E-state index < -0.39 is 312 Å². The summed E-state index contributed by atoms with van der Waals surface area (Å²) in [7, 11) is 0. The number of aliphatic hydroxyl groups is 22. The minimum Gasteiger partial charge on any atom is -0.394 e. The first-order valence-corrected chi connectivity index (χ1v) is 29.3. The predicted octanol–water partition coefficient (Wildman–Crippen LogP) is -16.4. The summed E-state index contributed by atoms with van der Waals surface area (Å²) in [6.07, 6.45) is -69.0. The first kappa shape index (κ1) is 72.1. The molecule has 10 saturated heterocycles. The van der Waals surface area contributed by atoms with Crippen LogP contribution in [0.15, 0.2) is 0 Å². The second-order valence-electron chi connectivity index (χ2n) is 23.4. The molecule has 0 bridgehead atoms. The lowest BCUT2D eigenvalue weighted by Crippen LogP contribution is -2.64. The highest BCUT2D eigenvalue weighted by Crippen LogP contribution is 2.38. The van der Waals surface area contributed by atoms with Gasteiger partial charge in [0.15, 0.2) is 62.9 Å². The topological polar surface area (TPSA) is 620 Å².